The maximum atomic E-state index is 13.0. The number of nitrogens with one attached hydrogen (secondary N) is 1. The highest BCUT2D eigenvalue weighted by molar-refractivity contribution is 5.81. The summed E-state index contributed by atoms with van der Waals surface area (Å²) in [6.07, 6.45) is -1.10. The fourth-order valence-electron chi connectivity index (χ4n) is 1.97. The van der Waals surface area contributed by atoms with Crippen molar-refractivity contribution in [3.8, 4) is 0 Å². The van der Waals surface area contributed by atoms with E-state index in [1.807, 2.05) is 6.92 Å². The van der Waals surface area contributed by atoms with Crippen LogP contribution in [0.25, 0.3) is 0 Å². The Morgan fingerprint density at radius 3 is 2.12 bits per heavy atom. The zero-order chi connectivity index (χ0) is 18.5. The molecule has 0 aliphatic rings. The molecule has 1 aromatic carbocycles. The molecule has 0 aromatic heterocycles. The van der Waals surface area contributed by atoms with Gasteiger partial charge in [-0.3, -0.25) is 0 Å². The fourth-order valence-corrected chi connectivity index (χ4v) is 1.97. The first-order valence-electron chi connectivity index (χ1n) is 7.95. The topological polar surface area (TPSA) is 64.6 Å². The maximum Gasteiger partial charge on any atom is 0.408 e. The van der Waals surface area contributed by atoms with Crippen molar-refractivity contribution in [3.63, 3.8) is 0 Å². The summed E-state index contributed by atoms with van der Waals surface area (Å²) in [4.78, 5) is 23.8. The molecule has 5 nitrogen and oxygen atoms in total. The molecular weight excluding hydrogens is 313 g/mol. The van der Waals surface area contributed by atoms with Crippen LogP contribution in [0, 0.1) is 5.82 Å². The Morgan fingerprint density at radius 1 is 1.08 bits per heavy atom. The van der Waals surface area contributed by atoms with Gasteiger partial charge in [-0.25, -0.2) is 14.0 Å². The molecule has 1 N–H and O–H groups in total. The van der Waals surface area contributed by atoms with Gasteiger partial charge in [0.05, 0.1) is 0 Å². The van der Waals surface area contributed by atoms with Crippen molar-refractivity contribution in [2.45, 2.75) is 65.2 Å². The number of ether oxygens (including phenoxy) is 2. The fraction of sp³-hybridized carbons (Fsp3) is 0.556. The molecule has 0 aliphatic carbocycles. The largest absolute Gasteiger partial charge is 0.461 e. The standard InChI is InChI=1S/C18H26FNO4/c1-11(14-7-9-15(19)10-8-14)13(3)23-16(21)12(2)20-17(22)24-18(4,5)6/h7-13H,1-6H3,(H,20,22)/t11-,12+,13+/m1/s1. The van der Waals surface area contributed by atoms with Gasteiger partial charge in [-0.1, -0.05) is 19.1 Å². The molecule has 1 amide bonds. The van der Waals surface area contributed by atoms with Gasteiger partial charge >= 0.3 is 12.1 Å². The van der Waals surface area contributed by atoms with Crippen molar-refractivity contribution in [3.05, 3.63) is 35.6 Å². The second-order valence-electron chi connectivity index (χ2n) is 6.85. The molecule has 0 fully saturated rings. The molecule has 1 aromatic rings. The summed E-state index contributed by atoms with van der Waals surface area (Å²) in [5.41, 5.74) is 0.224. The van der Waals surface area contributed by atoms with E-state index in [-0.39, 0.29) is 11.7 Å². The van der Waals surface area contributed by atoms with Gasteiger partial charge in [0.1, 0.15) is 23.6 Å². The second kappa shape index (κ2) is 8.13. The number of carbonyl (C=O) groups excluding carboxylic acids is 2. The Morgan fingerprint density at radius 2 is 1.62 bits per heavy atom. The van der Waals surface area contributed by atoms with E-state index in [1.54, 1.807) is 39.8 Å². The lowest BCUT2D eigenvalue weighted by atomic mass is 9.96. The van der Waals surface area contributed by atoms with E-state index in [9.17, 15) is 14.0 Å². The molecule has 134 valence electrons. The average molecular weight is 339 g/mol. The third kappa shape index (κ3) is 6.56. The van der Waals surface area contributed by atoms with Crippen LogP contribution in [-0.4, -0.2) is 29.8 Å². The summed E-state index contributed by atoms with van der Waals surface area (Å²) in [5, 5.41) is 2.44. The van der Waals surface area contributed by atoms with E-state index in [0.717, 1.165) is 5.56 Å². The number of esters is 1. The van der Waals surface area contributed by atoms with E-state index in [0.29, 0.717) is 0 Å². The first-order valence-corrected chi connectivity index (χ1v) is 7.95. The Labute approximate surface area is 142 Å². The molecular formula is C18H26FNO4. The summed E-state index contributed by atoms with van der Waals surface area (Å²) >= 11 is 0. The molecule has 1 rings (SSSR count). The molecule has 0 saturated heterocycles. The average Bonchev–Trinajstić information content (AvgIpc) is 2.44. The number of rotatable bonds is 5. The molecule has 0 aliphatic heterocycles. The van der Waals surface area contributed by atoms with Gasteiger partial charge in [0, 0.05) is 5.92 Å². The molecule has 0 bridgehead atoms. The summed E-state index contributed by atoms with van der Waals surface area (Å²) in [6.45, 7) is 10.4. The lowest BCUT2D eigenvalue weighted by Crippen LogP contribution is -2.43. The SMILES string of the molecule is C[C@H](NC(=O)OC(C)(C)C)C(=O)O[C@@H](C)[C@@H](C)c1ccc(F)cc1. The minimum atomic E-state index is -0.831. The summed E-state index contributed by atoms with van der Waals surface area (Å²) in [6, 6.07) is 5.22. The zero-order valence-electron chi connectivity index (χ0n) is 15.1. The number of alkyl carbamates (subject to hydrolysis) is 1. The maximum absolute atomic E-state index is 13.0. The number of hydrogen-bond donors (Lipinski definition) is 1. The van der Waals surface area contributed by atoms with Crippen LogP contribution in [0.5, 0.6) is 0 Å². The minimum absolute atomic E-state index is 0.108. The molecule has 3 atom stereocenters. The van der Waals surface area contributed by atoms with Crippen LogP contribution < -0.4 is 5.32 Å². The normalized spacial score (nSPS) is 15.1. The Hall–Kier alpha value is -2.11. The van der Waals surface area contributed by atoms with Crippen LogP contribution >= 0.6 is 0 Å². The van der Waals surface area contributed by atoms with Crippen LogP contribution in [0.2, 0.25) is 0 Å². The number of benzene rings is 1. The van der Waals surface area contributed by atoms with Crippen LogP contribution in [-0.2, 0) is 14.3 Å². The van der Waals surface area contributed by atoms with Crippen molar-refractivity contribution < 1.29 is 23.5 Å². The predicted octanol–water partition coefficient (Wildman–Crippen LogP) is 3.77. The quantitative estimate of drug-likeness (QED) is 0.829. The van der Waals surface area contributed by atoms with Gasteiger partial charge in [0.25, 0.3) is 0 Å². The molecule has 6 heteroatoms. The summed E-state index contributed by atoms with van der Waals surface area (Å²) in [5.74, 6) is -0.976. The van der Waals surface area contributed by atoms with Gasteiger partial charge in [0.15, 0.2) is 0 Å². The van der Waals surface area contributed by atoms with Crippen LogP contribution in [0.1, 0.15) is 53.0 Å². The zero-order valence-corrected chi connectivity index (χ0v) is 15.1. The highest BCUT2D eigenvalue weighted by Crippen LogP contribution is 2.22. The monoisotopic (exact) mass is 339 g/mol. The minimum Gasteiger partial charge on any atom is -0.461 e. The van der Waals surface area contributed by atoms with Gasteiger partial charge in [0.2, 0.25) is 0 Å². The number of amides is 1. The first-order chi connectivity index (χ1) is 11.0. The van der Waals surface area contributed by atoms with Crippen LogP contribution in [0.3, 0.4) is 0 Å². The van der Waals surface area contributed by atoms with Crippen LogP contribution in [0.15, 0.2) is 24.3 Å². The van der Waals surface area contributed by atoms with Crippen LogP contribution in [0.4, 0.5) is 9.18 Å². The number of halogens is 1. The van der Waals surface area contributed by atoms with Crippen molar-refractivity contribution in [2.24, 2.45) is 0 Å². The Balaban J connectivity index is 2.56. The Bertz CT molecular complexity index is 565. The van der Waals surface area contributed by atoms with E-state index >= 15 is 0 Å². The molecule has 0 spiro atoms. The van der Waals surface area contributed by atoms with Gasteiger partial charge < -0.3 is 14.8 Å². The molecule has 0 saturated carbocycles. The third-order valence-corrected chi connectivity index (χ3v) is 3.49. The molecule has 24 heavy (non-hydrogen) atoms. The van der Waals surface area contributed by atoms with Gasteiger partial charge in [-0.2, -0.15) is 0 Å². The molecule has 0 unspecified atom stereocenters. The van der Waals surface area contributed by atoms with E-state index in [2.05, 4.69) is 5.32 Å². The second-order valence-corrected chi connectivity index (χ2v) is 6.85. The first kappa shape index (κ1) is 19.9. The van der Waals surface area contributed by atoms with Gasteiger partial charge in [-0.05, 0) is 52.3 Å². The summed E-state index contributed by atoms with van der Waals surface area (Å²) in [7, 11) is 0. The van der Waals surface area contributed by atoms with Crippen molar-refractivity contribution in [2.75, 3.05) is 0 Å². The number of hydrogen-bond acceptors (Lipinski definition) is 4. The lowest BCUT2D eigenvalue weighted by molar-refractivity contribution is -0.151. The van der Waals surface area contributed by atoms with E-state index in [1.165, 1.54) is 19.1 Å². The van der Waals surface area contributed by atoms with Crippen molar-refractivity contribution in [1.82, 2.24) is 5.32 Å². The van der Waals surface area contributed by atoms with Gasteiger partial charge in [-0.15, -0.1) is 0 Å². The third-order valence-electron chi connectivity index (χ3n) is 3.49. The van der Waals surface area contributed by atoms with Crippen molar-refractivity contribution in [1.29, 1.82) is 0 Å². The highest BCUT2D eigenvalue weighted by atomic mass is 19.1. The van der Waals surface area contributed by atoms with E-state index < -0.39 is 29.8 Å². The summed E-state index contributed by atoms with van der Waals surface area (Å²) < 4.78 is 23.5. The van der Waals surface area contributed by atoms with Crippen molar-refractivity contribution >= 4 is 12.1 Å². The van der Waals surface area contributed by atoms with E-state index in [4.69, 9.17) is 9.47 Å². The molecule has 0 heterocycles. The Kier molecular flexibility index (Phi) is 6.75. The smallest absolute Gasteiger partial charge is 0.408 e. The predicted molar refractivity (Wildman–Crippen MR) is 89.2 cm³/mol. The lowest BCUT2D eigenvalue weighted by Gasteiger charge is -2.24. The molecule has 0 radical (unpaired) electrons. The number of carbonyl (C=O) groups is 2. The highest BCUT2D eigenvalue weighted by Gasteiger charge is 2.25.